The van der Waals surface area contributed by atoms with Crippen molar-refractivity contribution in [1.29, 1.82) is 0 Å². The Balaban J connectivity index is 2.58. The van der Waals surface area contributed by atoms with Gasteiger partial charge in [0.2, 0.25) is 0 Å². The van der Waals surface area contributed by atoms with Crippen LogP contribution in [0.15, 0.2) is 0 Å². The second-order valence-corrected chi connectivity index (χ2v) is 6.31. The molecule has 0 unspecified atom stereocenters. The summed E-state index contributed by atoms with van der Waals surface area (Å²) in [6, 6.07) is -0.360. The molecule has 0 amide bonds. The minimum atomic E-state index is -3.99. The van der Waals surface area contributed by atoms with Gasteiger partial charge in [0.25, 0.3) is 10.2 Å². The zero-order valence-corrected chi connectivity index (χ0v) is 11.5. The highest BCUT2D eigenvalue weighted by molar-refractivity contribution is 7.87. The van der Waals surface area contributed by atoms with Gasteiger partial charge in [-0.25, -0.2) is 4.72 Å². The third-order valence-electron chi connectivity index (χ3n) is 3.14. The first-order chi connectivity index (χ1) is 9.57. The molecule has 1 saturated heterocycles. The molecule has 1 heterocycles. The Morgan fingerprint density at radius 3 is 2.74 bits per heavy atom. The van der Waals surface area contributed by atoms with Crippen LogP contribution in [0.25, 0.3) is 0 Å². The summed E-state index contributed by atoms with van der Waals surface area (Å²) in [5.74, 6) is -0.0935. The van der Waals surface area contributed by atoms with Crippen molar-refractivity contribution in [2.45, 2.75) is 25.2 Å². The van der Waals surface area contributed by atoms with Crippen LogP contribution in [-0.4, -0.2) is 62.1 Å². The van der Waals surface area contributed by atoms with E-state index in [1.54, 1.807) is 0 Å². The quantitative estimate of drug-likeness (QED) is 0.308. The highest BCUT2D eigenvalue weighted by Crippen LogP contribution is 2.23. The van der Waals surface area contributed by atoms with Crippen LogP contribution in [0, 0.1) is 5.92 Å². The van der Waals surface area contributed by atoms with Gasteiger partial charge in [-0.2, -0.15) is 12.7 Å². The summed E-state index contributed by atoms with van der Waals surface area (Å²) in [6.45, 7) is -2.40. The van der Waals surface area contributed by atoms with Gasteiger partial charge in [0.15, 0.2) is 0 Å². The van der Waals surface area contributed by atoms with Gasteiger partial charge in [0.1, 0.15) is 0 Å². The molecule has 7 N–H and O–H groups in total. The summed E-state index contributed by atoms with van der Waals surface area (Å²) in [7, 11) is -5.36. The number of nitrogens with one attached hydrogen (secondary N) is 1. The number of nitrogens with two attached hydrogens (primary N) is 2. The van der Waals surface area contributed by atoms with Gasteiger partial charge in [-0.15, -0.1) is 0 Å². The van der Waals surface area contributed by atoms with Gasteiger partial charge in [-0.1, -0.05) is 6.42 Å². The maximum absolute atomic E-state index is 12.1. The van der Waals surface area contributed by atoms with E-state index in [0.717, 1.165) is 4.31 Å². The lowest BCUT2D eigenvalue weighted by Crippen LogP contribution is -2.42. The molecule has 0 spiro atoms. The minimum Gasteiger partial charge on any atom is -0.427 e. The molecule has 0 aromatic rings. The molecule has 1 rings (SSSR count). The molecule has 10 heteroatoms. The molecule has 0 aliphatic carbocycles. The molecule has 0 radical (unpaired) electrons. The molecule has 0 aromatic heterocycles. The third kappa shape index (κ3) is 5.34. The highest BCUT2D eigenvalue weighted by Gasteiger charge is 2.36. The van der Waals surface area contributed by atoms with Crippen LogP contribution in [0.4, 0.5) is 0 Å². The molecule has 1 fully saturated rings. The topological polar surface area (TPSA) is 142 Å². The van der Waals surface area contributed by atoms with Crippen LogP contribution in [0.1, 0.15) is 15.6 Å². The van der Waals surface area contributed by atoms with Gasteiger partial charge in [0.05, 0.1) is 0 Å². The van der Waals surface area contributed by atoms with Crippen molar-refractivity contribution < 1.29 is 21.2 Å². The zero-order valence-electron chi connectivity index (χ0n) is 12.7. The van der Waals surface area contributed by atoms with E-state index in [4.69, 9.17) is 24.3 Å². The van der Waals surface area contributed by atoms with E-state index in [2.05, 4.69) is 0 Å². The van der Waals surface area contributed by atoms with Crippen LogP contribution in [0.2, 0.25) is 6.32 Å². The smallest absolute Gasteiger partial charge is 0.427 e. The first-order valence-electron chi connectivity index (χ1n) is 7.18. The van der Waals surface area contributed by atoms with Crippen LogP contribution in [0.5, 0.6) is 0 Å². The van der Waals surface area contributed by atoms with Gasteiger partial charge in [-0.3, -0.25) is 0 Å². The fourth-order valence-corrected chi connectivity index (χ4v) is 3.27. The van der Waals surface area contributed by atoms with E-state index >= 15 is 0 Å². The average molecular weight is 296 g/mol. The lowest BCUT2D eigenvalue weighted by atomic mass is 9.82. The average Bonchev–Trinajstić information content (AvgIpc) is 2.70. The summed E-state index contributed by atoms with van der Waals surface area (Å²) in [5, 5.41) is 17.6. The molecule has 0 bridgehead atoms. The summed E-state index contributed by atoms with van der Waals surface area (Å²) in [6.07, 6.45) is 1.32. The van der Waals surface area contributed by atoms with Gasteiger partial charge in [0, 0.05) is 34.9 Å². The lowest BCUT2D eigenvalue weighted by Gasteiger charge is -2.16. The first kappa shape index (κ1) is 13.7. The molecule has 112 valence electrons. The van der Waals surface area contributed by atoms with Gasteiger partial charge >= 0.3 is 7.12 Å². The van der Waals surface area contributed by atoms with E-state index in [0.29, 0.717) is 12.8 Å². The van der Waals surface area contributed by atoms with E-state index in [1.807, 2.05) is 4.72 Å². The van der Waals surface area contributed by atoms with Crippen LogP contribution in [0.3, 0.4) is 0 Å². The van der Waals surface area contributed by atoms with Crippen molar-refractivity contribution >= 4 is 17.3 Å². The molecule has 0 saturated carbocycles. The Labute approximate surface area is 117 Å². The minimum absolute atomic E-state index is 0.0935. The van der Waals surface area contributed by atoms with E-state index < -0.39 is 30.4 Å². The Hall–Kier alpha value is -0.225. The van der Waals surface area contributed by atoms with E-state index in [-0.39, 0.29) is 31.4 Å². The third-order valence-corrected chi connectivity index (χ3v) is 4.52. The maximum Gasteiger partial charge on any atom is 0.451 e. The second kappa shape index (κ2) is 7.53. The molecule has 1 aliphatic heterocycles. The normalized spacial score (nSPS) is 27.2. The molecular formula is C9H23BN4O4S. The van der Waals surface area contributed by atoms with Crippen molar-refractivity contribution in [3.63, 3.8) is 0 Å². The van der Waals surface area contributed by atoms with Crippen molar-refractivity contribution in [3.05, 3.63) is 0 Å². The van der Waals surface area contributed by atoms with E-state index in [9.17, 15) is 8.42 Å². The number of hydrogen-bond donors (Lipinski definition) is 5. The predicted octanol–water partition coefficient (Wildman–Crippen LogP) is -2.71. The Morgan fingerprint density at radius 2 is 2.16 bits per heavy atom. The molecule has 19 heavy (non-hydrogen) atoms. The molecule has 1 aliphatic rings. The fraction of sp³-hybridized carbons (Fsp3) is 1.00. The molecule has 2 atom stereocenters. The fourth-order valence-electron chi connectivity index (χ4n) is 2.12. The SMILES string of the molecule is [2H]C([2H])(CN)NS(=O)(=O)N1C[C@H](CCCB(O)O)[C@@H](N)C1. The summed E-state index contributed by atoms with van der Waals surface area (Å²) in [5.41, 5.74) is 11.1. The number of rotatable bonds is 8. The summed E-state index contributed by atoms with van der Waals surface area (Å²) < 4.78 is 41.9. The van der Waals surface area contributed by atoms with Crippen molar-refractivity contribution in [3.8, 4) is 0 Å². The monoisotopic (exact) mass is 296 g/mol. The van der Waals surface area contributed by atoms with Crippen molar-refractivity contribution in [1.82, 2.24) is 9.03 Å². The maximum atomic E-state index is 12.1. The number of hydrogen-bond acceptors (Lipinski definition) is 6. The first-order valence-corrected chi connectivity index (χ1v) is 7.62. The number of nitrogens with zero attached hydrogens (tertiary/aromatic N) is 1. The molecular weight excluding hydrogens is 271 g/mol. The Morgan fingerprint density at radius 1 is 1.47 bits per heavy atom. The largest absolute Gasteiger partial charge is 0.451 e. The highest BCUT2D eigenvalue weighted by atomic mass is 32.2. The zero-order chi connectivity index (χ0) is 16.3. The standard InChI is InChI=1S/C9H23BN4O4S/c11-4-5-13-19(17,18)14-6-8(9(12)7-14)2-1-3-10(15)16/h8-9,13,15-16H,1-7,11-12H2/t8-,9-/m0/s1/i5D2. The second-order valence-electron chi connectivity index (χ2n) is 4.64. The summed E-state index contributed by atoms with van der Waals surface area (Å²) >= 11 is 0. The molecule has 8 nitrogen and oxygen atoms in total. The van der Waals surface area contributed by atoms with Crippen LogP contribution in [-0.2, 0) is 10.2 Å². The van der Waals surface area contributed by atoms with Gasteiger partial charge < -0.3 is 21.5 Å². The van der Waals surface area contributed by atoms with E-state index in [1.165, 1.54) is 0 Å². The van der Waals surface area contributed by atoms with Crippen LogP contribution >= 0.6 is 0 Å². The molecule has 0 aromatic carbocycles. The lowest BCUT2D eigenvalue weighted by molar-refractivity contribution is 0.390. The van der Waals surface area contributed by atoms with Crippen molar-refractivity contribution in [2.24, 2.45) is 17.4 Å². The van der Waals surface area contributed by atoms with Crippen LogP contribution < -0.4 is 16.2 Å². The van der Waals surface area contributed by atoms with Crippen molar-refractivity contribution in [2.75, 3.05) is 26.1 Å². The summed E-state index contributed by atoms with van der Waals surface area (Å²) in [4.78, 5) is 0. The Bertz CT molecular complexity index is 439. The Kier molecular flexibility index (Phi) is 5.45. The predicted molar refractivity (Wildman–Crippen MR) is 73.2 cm³/mol. The van der Waals surface area contributed by atoms with Gasteiger partial charge in [-0.05, 0) is 18.7 Å².